The quantitative estimate of drug-likeness (QED) is 0.703. The number of aryl methyl sites for hydroxylation is 2. The molecule has 0 aromatic heterocycles. The van der Waals surface area contributed by atoms with Crippen molar-refractivity contribution >= 4 is 5.78 Å². The second kappa shape index (κ2) is 5.03. The van der Waals surface area contributed by atoms with Crippen LogP contribution in [0.15, 0.2) is 12.1 Å². The Bertz CT molecular complexity index is 431. The normalized spacial score (nSPS) is 19.9. The lowest BCUT2D eigenvalue weighted by Crippen LogP contribution is -2.08. The average Bonchev–Trinajstić information content (AvgIpc) is 2.48. The Labute approximate surface area is 104 Å². The van der Waals surface area contributed by atoms with Crippen LogP contribution < -0.4 is 0 Å². The Hall–Kier alpha value is -1.11. The van der Waals surface area contributed by atoms with Gasteiger partial charge < -0.3 is 0 Å². The molecule has 0 N–H and O–H groups in total. The van der Waals surface area contributed by atoms with Gasteiger partial charge in [-0.05, 0) is 48.3 Å². The molecule has 1 aromatic rings. The molecule has 1 atom stereocenters. The number of benzene rings is 1. The third kappa shape index (κ3) is 2.29. The Balaban J connectivity index is 2.58. The average molecular weight is 230 g/mol. The van der Waals surface area contributed by atoms with Crippen molar-refractivity contribution in [3.8, 4) is 0 Å². The molecule has 0 heterocycles. The first-order valence-electron chi connectivity index (χ1n) is 6.84. The van der Waals surface area contributed by atoms with E-state index < -0.39 is 0 Å². The molecule has 1 unspecified atom stereocenters. The number of hydrogen-bond donors (Lipinski definition) is 0. The van der Waals surface area contributed by atoms with Crippen molar-refractivity contribution in [2.24, 2.45) is 5.92 Å². The zero-order chi connectivity index (χ0) is 12.4. The summed E-state index contributed by atoms with van der Waals surface area (Å²) in [5.74, 6) is 0.904. The fourth-order valence-electron chi connectivity index (χ4n) is 2.91. The van der Waals surface area contributed by atoms with Crippen molar-refractivity contribution in [2.75, 3.05) is 0 Å². The van der Waals surface area contributed by atoms with Gasteiger partial charge in [0.1, 0.15) is 0 Å². The van der Waals surface area contributed by atoms with E-state index in [2.05, 4.69) is 32.9 Å². The lowest BCUT2D eigenvalue weighted by molar-refractivity contribution is 0.0966. The molecular formula is C16H22O. The number of rotatable bonds is 2. The van der Waals surface area contributed by atoms with Crippen LogP contribution in [0.2, 0.25) is 0 Å². The van der Waals surface area contributed by atoms with Gasteiger partial charge >= 0.3 is 0 Å². The molecule has 1 aliphatic carbocycles. The first kappa shape index (κ1) is 12.3. The predicted octanol–water partition coefficient (Wildman–Crippen LogP) is 3.97. The Morgan fingerprint density at radius 1 is 1.18 bits per heavy atom. The third-order valence-corrected chi connectivity index (χ3v) is 3.96. The molecule has 0 amide bonds. The van der Waals surface area contributed by atoms with Crippen LogP contribution in [0.25, 0.3) is 0 Å². The Morgan fingerprint density at radius 2 is 1.82 bits per heavy atom. The van der Waals surface area contributed by atoms with Crippen LogP contribution in [0.5, 0.6) is 0 Å². The minimum absolute atomic E-state index is 0.372. The zero-order valence-corrected chi connectivity index (χ0v) is 11.2. The molecule has 0 aliphatic heterocycles. The molecule has 0 saturated heterocycles. The molecule has 0 fully saturated rings. The predicted molar refractivity (Wildman–Crippen MR) is 71.6 cm³/mol. The van der Waals surface area contributed by atoms with Crippen molar-refractivity contribution in [2.45, 2.75) is 52.9 Å². The molecule has 0 radical (unpaired) electrons. The van der Waals surface area contributed by atoms with E-state index in [1.807, 2.05) is 0 Å². The number of Topliss-reactive ketones (excluding diaryl/α,β-unsaturated/α-hetero) is 1. The van der Waals surface area contributed by atoms with E-state index in [0.29, 0.717) is 11.7 Å². The number of carbonyl (C=O) groups excluding carboxylic acids is 1. The van der Waals surface area contributed by atoms with Crippen molar-refractivity contribution in [1.82, 2.24) is 0 Å². The fraction of sp³-hybridized carbons (Fsp3) is 0.562. The molecule has 0 saturated carbocycles. The van der Waals surface area contributed by atoms with Crippen LogP contribution >= 0.6 is 0 Å². The molecule has 0 spiro atoms. The van der Waals surface area contributed by atoms with Crippen LogP contribution in [-0.2, 0) is 19.3 Å². The molecule has 1 heteroatoms. The van der Waals surface area contributed by atoms with E-state index in [1.165, 1.54) is 16.7 Å². The summed E-state index contributed by atoms with van der Waals surface area (Å²) in [5, 5.41) is 0. The smallest absolute Gasteiger partial charge is 0.163 e. The summed E-state index contributed by atoms with van der Waals surface area (Å²) in [7, 11) is 0. The highest BCUT2D eigenvalue weighted by Gasteiger charge is 2.23. The second-order valence-electron chi connectivity index (χ2n) is 5.22. The van der Waals surface area contributed by atoms with E-state index >= 15 is 0 Å². The Kier molecular flexibility index (Phi) is 3.66. The maximum Gasteiger partial charge on any atom is 0.163 e. The molecular weight excluding hydrogens is 208 g/mol. The summed E-state index contributed by atoms with van der Waals surface area (Å²) >= 11 is 0. The molecule has 1 aromatic carbocycles. The molecule has 2 rings (SSSR count). The first-order valence-corrected chi connectivity index (χ1v) is 6.84. The summed E-state index contributed by atoms with van der Waals surface area (Å²) in [6.45, 7) is 6.52. The topological polar surface area (TPSA) is 17.1 Å². The highest BCUT2D eigenvalue weighted by Crippen LogP contribution is 2.30. The van der Waals surface area contributed by atoms with E-state index in [-0.39, 0.29) is 0 Å². The van der Waals surface area contributed by atoms with E-state index in [0.717, 1.165) is 37.7 Å². The van der Waals surface area contributed by atoms with Gasteiger partial charge in [0.25, 0.3) is 0 Å². The fourth-order valence-corrected chi connectivity index (χ4v) is 2.91. The summed E-state index contributed by atoms with van der Waals surface area (Å²) in [5.41, 5.74) is 5.04. The standard InChI is InChI=1S/C16H22O/c1-4-12-7-8-13(5-2)16-14(12)9-6-11(3)10-15(16)17/h7-8,11H,4-6,9-10H2,1-3H3. The molecule has 1 aliphatic rings. The van der Waals surface area contributed by atoms with Crippen LogP contribution in [0.1, 0.15) is 60.7 Å². The van der Waals surface area contributed by atoms with Crippen LogP contribution in [0, 0.1) is 5.92 Å². The van der Waals surface area contributed by atoms with Crippen molar-refractivity contribution in [3.05, 3.63) is 34.4 Å². The van der Waals surface area contributed by atoms with Gasteiger partial charge in [-0.3, -0.25) is 4.79 Å². The van der Waals surface area contributed by atoms with E-state index in [4.69, 9.17) is 0 Å². The summed E-state index contributed by atoms with van der Waals surface area (Å²) in [6.07, 6.45) is 4.96. The van der Waals surface area contributed by atoms with Gasteiger partial charge in [-0.1, -0.05) is 32.9 Å². The Morgan fingerprint density at radius 3 is 2.47 bits per heavy atom. The van der Waals surface area contributed by atoms with E-state index in [9.17, 15) is 4.79 Å². The summed E-state index contributed by atoms with van der Waals surface area (Å²) < 4.78 is 0. The minimum Gasteiger partial charge on any atom is -0.294 e. The highest BCUT2D eigenvalue weighted by atomic mass is 16.1. The van der Waals surface area contributed by atoms with E-state index in [1.54, 1.807) is 0 Å². The van der Waals surface area contributed by atoms with Gasteiger partial charge in [-0.2, -0.15) is 0 Å². The van der Waals surface area contributed by atoms with Gasteiger partial charge in [0.2, 0.25) is 0 Å². The first-order chi connectivity index (χ1) is 8.17. The minimum atomic E-state index is 0.372. The lowest BCUT2D eigenvalue weighted by Gasteiger charge is -2.14. The number of hydrogen-bond acceptors (Lipinski definition) is 1. The summed E-state index contributed by atoms with van der Waals surface area (Å²) in [4.78, 5) is 12.4. The largest absolute Gasteiger partial charge is 0.294 e. The van der Waals surface area contributed by atoms with Gasteiger partial charge in [0.15, 0.2) is 5.78 Å². The zero-order valence-electron chi connectivity index (χ0n) is 11.2. The van der Waals surface area contributed by atoms with Gasteiger partial charge in [0, 0.05) is 12.0 Å². The van der Waals surface area contributed by atoms with Gasteiger partial charge in [-0.15, -0.1) is 0 Å². The van der Waals surface area contributed by atoms with Gasteiger partial charge in [-0.25, -0.2) is 0 Å². The monoisotopic (exact) mass is 230 g/mol. The van der Waals surface area contributed by atoms with Crippen LogP contribution in [0.4, 0.5) is 0 Å². The number of fused-ring (bicyclic) bond motifs is 1. The third-order valence-electron chi connectivity index (χ3n) is 3.96. The molecule has 92 valence electrons. The van der Waals surface area contributed by atoms with Crippen LogP contribution in [0.3, 0.4) is 0 Å². The van der Waals surface area contributed by atoms with Crippen LogP contribution in [-0.4, -0.2) is 5.78 Å². The highest BCUT2D eigenvalue weighted by molar-refractivity contribution is 5.99. The van der Waals surface area contributed by atoms with Gasteiger partial charge in [0.05, 0.1) is 0 Å². The number of ketones is 1. The summed E-state index contributed by atoms with van der Waals surface area (Å²) in [6, 6.07) is 4.38. The molecule has 0 bridgehead atoms. The molecule has 17 heavy (non-hydrogen) atoms. The number of carbonyl (C=O) groups is 1. The van der Waals surface area contributed by atoms with Crippen molar-refractivity contribution in [3.63, 3.8) is 0 Å². The molecule has 1 nitrogen and oxygen atoms in total. The SMILES string of the molecule is CCc1ccc(CC)c2c1CCC(C)CC2=O. The van der Waals surface area contributed by atoms with Crippen molar-refractivity contribution < 1.29 is 4.79 Å². The lowest BCUT2D eigenvalue weighted by atomic mass is 9.90. The maximum absolute atomic E-state index is 12.4. The second-order valence-corrected chi connectivity index (χ2v) is 5.22. The maximum atomic E-state index is 12.4. The van der Waals surface area contributed by atoms with Crippen molar-refractivity contribution in [1.29, 1.82) is 0 Å².